The molecule has 2 heterocycles. The summed E-state index contributed by atoms with van der Waals surface area (Å²) in [5.74, 6) is 2.34. The summed E-state index contributed by atoms with van der Waals surface area (Å²) in [5.41, 5.74) is 4.81. The van der Waals surface area contributed by atoms with Crippen molar-refractivity contribution >= 4 is 5.70 Å². The van der Waals surface area contributed by atoms with Crippen LogP contribution >= 0.6 is 0 Å². The Morgan fingerprint density at radius 3 is 2.82 bits per heavy atom. The van der Waals surface area contributed by atoms with Crippen molar-refractivity contribution in [3.05, 3.63) is 29.8 Å². The molecule has 5 nitrogen and oxygen atoms in total. The molecule has 0 aromatic heterocycles. The van der Waals surface area contributed by atoms with Crippen LogP contribution in [0.2, 0.25) is 0 Å². The Balaban J connectivity index is 1.49. The van der Waals surface area contributed by atoms with Gasteiger partial charge in [-0.05, 0) is 49.5 Å². The summed E-state index contributed by atoms with van der Waals surface area (Å²) in [6.07, 6.45) is 11.8. The number of benzene rings is 1. The number of hydroxylamine groups is 1. The number of hydrogen-bond donors (Lipinski definition) is 1. The zero-order chi connectivity index (χ0) is 19.2. The van der Waals surface area contributed by atoms with E-state index in [-0.39, 0.29) is 5.60 Å². The molecule has 0 amide bonds. The van der Waals surface area contributed by atoms with Gasteiger partial charge in [-0.15, -0.1) is 0 Å². The molecule has 28 heavy (non-hydrogen) atoms. The summed E-state index contributed by atoms with van der Waals surface area (Å²) in [4.78, 5) is 5.83. The van der Waals surface area contributed by atoms with Gasteiger partial charge in [0.25, 0.3) is 0 Å². The summed E-state index contributed by atoms with van der Waals surface area (Å²) in [6.45, 7) is 5.01. The van der Waals surface area contributed by atoms with Crippen molar-refractivity contribution in [2.45, 2.75) is 63.9 Å². The third kappa shape index (κ3) is 4.64. The van der Waals surface area contributed by atoms with Crippen molar-refractivity contribution in [3.63, 3.8) is 0 Å². The molecule has 4 rings (SSSR count). The minimum atomic E-state index is -0.325. The van der Waals surface area contributed by atoms with Crippen molar-refractivity contribution in [3.8, 4) is 11.5 Å². The first-order valence-corrected chi connectivity index (χ1v) is 10.9. The molecule has 1 aromatic rings. The average Bonchev–Trinajstić information content (AvgIpc) is 3.38. The second-order valence-corrected chi connectivity index (χ2v) is 8.31. The van der Waals surface area contributed by atoms with Crippen LogP contribution in [0.5, 0.6) is 11.5 Å². The van der Waals surface area contributed by atoms with Crippen molar-refractivity contribution < 1.29 is 19.0 Å². The van der Waals surface area contributed by atoms with Gasteiger partial charge in [-0.3, -0.25) is 10.3 Å². The van der Waals surface area contributed by atoms with Gasteiger partial charge in [-0.1, -0.05) is 32.6 Å². The van der Waals surface area contributed by atoms with E-state index in [0.29, 0.717) is 12.5 Å². The highest BCUT2D eigenvalue weighted by Gasteiger charge is 2.39. The largest absolute Gasteiger partial charge is 0.490 e. The molecule has 1 unspecified atom stereocenters. The van der Waals surface area contributed by atoms with Crippen LogP contribution in [-0.4, -0.2) is 32.0 Å². The van der Waals surface area contributed by atoms with Crippen molar-refractivity contribution in [2.75, 3.05) is 26.4 Å². The van der Waals surface area contributed by atoms with Crippen molar-refractivity contribution in [2.24, 2.45) is 5.92 Å². The van der Waals surface area contributed by atoms with Gasteiger partial charge in [0.05, 0.1) is 25.5 Å². The molecule has 1 atom stereocenters. The fourth-order valence-electron chi connectivity index (χ4n) is 4.17. The molecular weight excluding hydrogens is 354 g/mol. The Hall–Kier alpha value is -1.72. The molecule has 5 heteroatoms. The zero-order valence-electron chi connectivity index (χ0n) is 17.0. The summed E-state index contributed by atoms with van der Waals surface area (Å²) in [6, 6.07) is 6.19. The lowest BCUT2D eigenvalue weighted by molar-refractivity contribution is -0.0373. The molecule has 1 spiro atoms. The maximum atomic E-state index is 6.28. The number of nitrogens with one attached hydrogen (secondary N) is 1. The van der Waals surface area contributed by atoms with Crippen LogP contribution in [-0.2, 0) is 9.57 Å². The van der Waals surface area contributed by atoms with Crippen molar-refractivity contribution in [1.29, 1.82) is 0 Å². The monoisotopic (exact) mass is 387 g/mol. The lowest BCUT2D eigenvalue weighted by Crippen LogP contribution is -2.29. The van der Waals surface area contributed by atoms with Crippen LogP contribution < -0.4 is 15.0 Å². The zero-order valence-corrected chi connectivity index (χ0v) is 17.0. The quantitative estimate of drug-likeness (QED) is 0.646. The number of rotatable bonds is 8. The van der Waals surface area contributed by atoms with Gasteiger partial charge >= 0.3 is 0 Å². The number of hydrogen-bond acceptors (Lipinski definition) is 5. The highest BCUT2D eigenvalue weighted by Crippen LogP contribution is 2.36. The summed E-state index contributed by atoms with van der Waals surface area (Å²) in [7, 11) is 0. The van der Waals surface area contributed by atoms with Gasteiger partial charge in [0.15, 0.2) is 11.5 Å². The smallest absolute Gasteiger partial charge is 0.161 e. The van der Waals surface area contributed by atoms with Crippen LogP contribution in [0.1, 0.15) is 63.9 Å². The molecule has 1 saturated carbocycles. The van der Waals surface area contributed by atoms with E-state index < -0.39 is 0 Å². The summed E-state index contributed by atoms with van der Waals surface area (Å²) in [5, 5.41) is 0. The molecule has 154 valence electrons. The van der Waals surface area contributed by atoms with E-state index in [4.69, 9.17) is 19.0 Å². The molecule has 1 aliphatic carbocycles. The van der Waals surface area contributed by atoms with Crippen LogP contribution in [0.4, 0.5) is 0 Å². The third-order valence-electron chi connectivity index (χ3n) is 6.00. The van der Waals surface area contributed by atoms with E-state index in [0.717, 1.165) is 61.8 Å². The topological polar surface area (TPSA) is 49.0 Å². The molecular formula is C23H33NO4. The molecule has 2 fully saturated rings. The van der Waals surface area contributed by atoms with Crippen LogP contribution in [0.3, 0.4) is 0 Å². The molecule has 1 aromatic carbocycles. The average molecular weight is 388 g/mol. The molecule has 0 radical (unpaired) electrons. The Labute approximate surface area is 168 Å². The first-order chi connectivity index (χ1) is 13.8. The summed E-state index contributed by atoms with van der Waals surface area (Å²) >= 11 is 0. The predicted molar refractivity (Wildman–Crippen MR) is 109 cm³/mol. The maximum absolute atomic E-state index is 6.28. The van der Waals surface area contributed by atoms with E-state index in [2.05, 4.69) is 30.6 Å². The third-order valence-corrected chi connectivity index (χ3v) is 6.00. The minimum absolute atomic E-state index is 0.325. The number of ether oxygens (including phenoxy) is 3. The molecule has 3 aliphatic rings. The van der Waals surface area contributed by atoms with Gasteiger partial charge in [-0.2, -0.15) is 0 Å². The van der Waals surface area contributed by atoms with E-state index >= 15 is 0 Å². The molecule has 2 aliphatic heterocycles. The standard InChI is InChI=1S/C23H33NO4/c1-2-3-12-26-21-10-9-19(20-15-23(28-24-20)11-13-25-17-23)14-22(21)27-16-18-7-5-4-6-8-18/h9-10,14-15,18,24H,2-8,11-13,16-17H2,1H3. The second-order valence-electron chi connectivity index (χ2n) is 8.31. The number of unbranched alkanes of at least 4 members (excludes halogenated alkanes) is 1. The van der Waals surface area contributed by atoms with Gasteiger partial charge < -0.3 is 14.2 Å². The predicted octanol–water partition coefficient (Wildman–Crippen LogP) is 4.86. The summed E-state index contributed by atoms with van der Waals surface area (Å²) < 4.78 is 17.8. The van der Waals surface area contributed by atoms with Gasteiger partial charge in [0.2, 0.25) is 0 Å². The fourth-order valence-corrected chi connectivity index (χ4v) is 4.17. The lowest BCUT2D eigenvalue weighted by Gasteiger charge is -2.22. The van der Waals surface area contributed by atoms with Crippen LogP contribution in [0.25, 0.3) is 5.70 Å². The van der Waals surface area contributed by atoms with Gasteiger partial charge in [-0.25, -0.2) is 0 Å². The maximum Gasteiger partial charge on any atom is 0.161 e. The SMILES string of the molecule is CCCCOc1ccc(C2=CC3(CCOC3)ON2)cc1OCC1CCCCC1. The van der Waals surface area contributed by atoms with Gasteiger partial charge in [0.1, 0.15) is 5.60 Å². The second kappa shape index (κ2) is 9.19. The first kappa shape index (κ1) is 19.6. The normalized spacial score (nSPS) is 25.0. The Bertz CT molecular complexity index is 675. The van der Waals surface area contributed by atoms with Crippen LogP contribution in [0.15, 0.2) is 24.3 Å². The Kier molecular flexibility index (Phi) is 6.43. The van der Waals surface area contributed by atoms with E-state index in [1.807, 2.05) is 6.07 Å². The molecule has 1 saturated heterocycles. The minimum Gasteiger partial charge on any atom is -0.490 e. The highest BCUT2D eigenvalue weighted by atomic mass is 16.7. The highest BCUT2D eigenvalue weighted by molar-refractivity contribution is 5.68. The molecule has 1 N–H and O–H groups in total. The first-order valence-electron chi connectivity index (χ1n) is 10.9. The molecule has 0 bridgehead atoms. The van der Waals surface area contributed by atoms with E-state index in [1.165, 1.54) is 32.1 Å². The lowest BCUT2D eigenvalue weighted by atomic mass is 9.90. The Morgan fingerprint density at radius 2 is 2.04 bits per heavy atom. The van der Waals surface area contributed by atoms with E-state index in [1.54, 1.807) is 0 Å². The van der Waals surface area contributed by atoms with E-state index in [9.17, 15) is 0 Å². The van der Waals surface area contributed by atoms with Gasteiger partial charge in [0, 0.05) is 18.6 Å². The fraction of sp³-hybridized carbons (Fsp3) is 0.652. The Morgan fingerprint density at radius 1 is 1.14 bits per heavy atom. The van der Waals surface area contributed by atoms with Crippen molar-refractivity contribution in [1.82, 2.24) is 5.48 Å². The van der Waals surface area contributed by atoms with Crippen LogP contribution in [0, 0.1) is 5.92 Å².